The average molecular weight is 499 g/mol. The van der Waals surface area contributed by atoms with E-state index in [0.29, 0.717) is 6.42 Å². The molecular formula is C20H23F6N3O3S. The molecule has 1 saturated carbocycles. The fourth-order valence-corrected chi connectivity index (χ4v) is 4.65. The monoisotopic (exact) mass is 499 g/mol. The van der Waals surface area contributed by atoms with Crippen molar-refractivity contribution in [2.24, 2.45) is 11.3 Å². The SMILES string of the molecule is Cc1ccc(S(=O)(=O)O)cc1.FC(F)(F)Cn1nc(CC2CC3(CNC3)C2)cc1C(F)(F)F. The number of hydrogen-bond donors (Lipinski definition) is 2. The molecule has 4 rings (SSSR count). The molecule has 1 aliphatic carbocycles. The lowest BCUT2D eigenvalue weighted by molar-refractivity contribution is -0.160. The van der Waals surface area contributed by atoms with Crippen LogP contribution in [-0.4, -0.2) is 42.0 Å². The van der Waals surface area contributed by atoms with E-state index >= 15 is 0 Å². The van der Waals surface area contributed by atoms with Crippen molar-refractivity contribution < 1.29 is 39.3 Å². The van der Waals surface area contributed by atoms with E-state index < -0.39 is 34.7 Å². The summed E-state index contributed by atoms with van der Waals surface area (Å²) >= 11 is 0. The number of rotatable bonds is 4. The number of nitrogens with one attached hydrogen (secondary N) is 1. The summed E-state index contributed by atoms with van der Waals surface area (Å²) in [6.07, 6.45) is -7.48. The van der Waals surface area contributed by atoms with Gasteiger partial charge in [-0.3, -0.25) is 9.23 Å². The normalized spacial score (nSPS) is 18.3. The van der Waals surface area contributed by atoms with Crippen LogP contribution in [-0.2, 0) is 29.3 Å². The Balaban J connectivity index is 0.000000235. The van der Waals surface area contributed by atoms with Gasteiger partial charge in [-0.25, -0.2) is 0 Å². The number of benzene rings is 1. The van der Waals surface area contributed by atoms with Crippen LogP contribution < -0.4 is 5.32 Å². The predicted molar refractivity (Wildman–Crippen MR) is 106 cm³/mol. The lowest BCUT2D eigenvalue weighted by Gasteiger charge is -2.54. The molecule has 0 radical (unpaired) electrons. The molecule has 1 spiro atoms. The first-order valence-electron chi connectivity index (χ1n) is 10.0. The van der Waals surface area contributed by atoms with Gasteiger partial charge in [0, 0.05) is 13.1 Å². The Morgan fingerprint density at radius 2 is 1.70 bits per heavy atom. The summed E-state index contributed by atoms with van der Waals surface area (Å²) in [6.45, 7) is 1.95. The van der Waals surface area contributed by atoms with Gasteiger partial charge in [-0.05, 0) is 55.7 Å². The number of nitrogens with zero attached hydrogens (tertiary/aromatic N) is 2. The summed E-state index contributed by atoms with van der Waals surface area (Å²) in [6, 6.07) is 6.73. The van der Waals surface area contributed by atoms with Crippen LogP contribution in [0.15, 0.2) is 35.2 Å². The van der Waals surface area contributed by atoms with Crippen molar-refractivity contribution in [1.82, 2.24) is 15.1 Å². The zero-order valence-electron chi connectivity index (χ0n) is 17.5. The van der Waals surface area contributed by atoms with Gasteiger partial charge in [0.05, 0.1) is 10.6 Å². The van der Waals surface area contributed by atoms with Gasteiger partial charge >= 0.3 is 12.4 Å². The van der Waals surface area contributed by atoms with E-state index in [0.717, 1.165) is 37.6 Å². The fraction of sp³-hybridized carbons (Fsp3) is 0.550. The lowest BCUT2D eigenvalue weighted by Crippen LogP contribution is -2.60. The lowest BCUT2D eigenvalue weighted by atomic mass is 9.57. The Bertz CT molecular complexity index is 1070. The van der Waals surface area contributed by atoms with Crippen molar-refractivity contribution in [2.75, 3.05) is 13.1 Å². The molecule has 33 heavy (non-hydrogen) atoms. The topological polar surface area (TPSA) is 84.2 Å². The standard InChI is InChI=1S/C13H15F6N3.C7H8O3S/c14-12(15,16)7-22-10(13(17,18)19)2-9(21-22)1-8-3-11(4-8)5-20-6-11;1-6-2-4-7(5-3-6)11(8,9)10/h2,8,20H,1,3-7H2;2-5H,1H3,(H,8,9,10). The summed E-state index contributed by atoms with van der Waals surface area (Å²) in [7, 11) is -4.02. The molecule has 184 valence electrons. The number of hydrogen-bond acceptors (Lipinski definition) is 4. The molecule has 13 heteroatoms. The highest BCUT2D eigenvalue weighted by Crippen LogP contribution is 2.49. The van der Waals surface area contributed by atoms with E-state index in [-0.39, 0.29) is 26.6 Å². The van der Waals surface area contributed by atoms with Gasteiger partial charge in [0.15, 0.2) is 0 Å². The number of aryl methyl sites for hydroxylation is 1. The Morgan fingerprint density at radius 1 is 1.12 bits per heavy atom. The molecule has 1 aromatic carbocycles. The number of aromatic nitrogens is 2. The first-order valence-corrected chi connectivity index (χ1v) is 11.5. The Hall–Kier alpha value is -2.12. The van der Waals surface area contributed by atoms with Crippen LogP contribution in [0.1, 0.15) is 29.8 Å². The third-order valence-corrected chi connectivity index (χ3v) is 6.58. The molecule has 0 unspecified atom stereocenters. The van der Waals surface area contributed by atoms with Gasteiger partial charge in [0.1, 0.15) is 12.2 Å². The Morgan fingerprint density at radius 3 is 2.12 bits per heavy atom. The van der Waals surface area contributed by atoms with Gasteiger partial charge in [-0.2, -0.15) is 39.9 Å². The van der Waals surface area contributed by atoms with E-state index in [1.165, 1.54) is 12.1 Å². The number of alkyl halides is 6. The molecule has 1 saturated heterocycles. The smallest absolute Gasteiger partial charge is 0.316 e. The molecule has 1 aromatic heterocycles. The quantitative estimate of drug-likeness (QED) is 0.486. The molecule has 0 bridgehead atoms. The maximum absolute atomic E-state index is 12.8. The van der Waals surface area contributed by atoms with Crippen molar-refractivity contribution in [1.29, 1.82) is 0 Å². The van der Waals surface area contributed by atoms with Gasteiger partial charge in [-0.1, -0.05) is 17.7 Å². The second-order valence-corrected chi connectivity index (χ2v) is 10.1. The highest BCUT2D eigenvalue weighted by Gasteiger charge is 2.48. The summed E-state index contributed by atoms with van der Waals surface area (Å²) in [5.41, 5.74) is -0.0215. The van der Waals surface area contributed by atoms with Gasteiger partial charge in [0.25, 0.3) is 10.1 Å². The highest BCUT2D eigenvalue weighted by molar-refractivity contribution is 7.85. The molecule has 2 aromatic rings. The minimum absolute atomic E-state index is 0.0225. The first kappa shape index (κ1) is 25.5. The van der Waals surface area contributed by atoms with Gasteiger partial charge in [0.2, 0.25) is 0 Å². The maximum Gasteiger partial charge on any atom is 0.433 e. The molecular weight excluding hydrogens is 476 g/mol. The molecule has 2 fully saturated rings. The van der Waals surface area contributed by atoms with Crippen LogP contribution in [0.3, 0.4) is 0 Å². The van der Waals surface area contributed by atoms with E-state index in [1.807, 2.05) is 6.92 Å². The highest BCUT2D eigenvalue weighted by atomic mass is 32.2. The summed E-state index contributed by atoms with van der Waals surface area (Å²) in [5, 5.41) is 6.69. The van der Waals surface area contributed by atoms with Crippen LogP contribution >= 0.6 is 0 Å². The van der Waals surface area contributed by atoms with E-state index in [2.05, 4.69) is 10.4 Å². The van der Waals surface area contributed by atoms with Crippen molar-refractivity contribution in [3.05, 3.63) is 47.3 Å². The molecule has 0 amide bonds. The summed E-state index contributed by atoms with van der Waals surface area (Å²) < 4.78 is 105. The molecule has 2 N–H and O–H groups in total. The van der Waals surface area contributed by atoms with Crippen LogP contribution in [0.2, 0.25) is 0 Å². The summed E-state index contributed by atoms with van der Waals surface area (Å²) in [4.78, 5) is -0.0666. The Labute approximate surface area is 186 Å². The third kappa shape index (κ3) is 6.70. The van der Waals surface area contributed by atoms with Crippen LogP contribution in [0.5, 0.6) is 0 Å². The molecule has 2 aliphatic rings. The van der Waals surface area contributed by atoms with Crippen LogP contribution in [0.4, 0.5) is 26.3 Å². The van der Waals surface area contributed by atoms with Gasteiger partial charge < -0.3 is 5.32 Å². The van der Waals surface area contributed by atoms with Crippen molar-refractivity contribution in [2.45, 2.75) is 50.0 Å². The van der Waals surface area contributed by atoms with E-state index in [9.17, 15) is 34.8 Å². The van der Waals surface area contributed by atoms with E-state index in [1.54, 1.807) is 12.1 Å². The van der Waals surface area contributed by atoms with Crippen molar-refractivity contribution >= 4 is 10.1 Å². The third-order valence-electron chi connectivity index (χ3n) is 5.71. The minimum Gasteiger partial charge on any atom is -0.316 e. The minimum atomic E-state index is -4.84. The second kappa shape index (κ2) is 8.91. The zero-order chi connectivity index (χ0) is 24.7. The van der Waals surface area contributed by atoms with E-state index in [4.69, 9.17) is 4.55 Å². The summed E-state index contributed by atoms with van der Waals surface area (Å²) in [5.74, 6) is 0.206. The zero-order valence-corrected chi connectivity index (χ0v) is 18.4. The van der Waals surface area contributed by atoms with Crippen molar-refractivity contribution in [3.8, 4) is 0 Å². The predicted octanol–water partition coefficient (Wildman–Crippen LogP) is 4.25. The second-order valence-electron chi connectivity index (χ2n) is 8.66. The molecule has 1 aliphatic heterocycles. The maximum atomic E-state index is 12.8. The van der Waals surface area contributed by atoms with Gasteiger partial charge in [-0.15, -0.1) is 0 Å². The molecule has 0 atom stereocenters. The molecule has 2 heterocycles. The van der Waals surface area contributed by atoms with Crippen LogP contribution in [0, 0.1) is 18.3 Å². The largest absolute Gasteiger partial charge is 0.433 e. The average Bonchev–Trinajstić information content (AvgIpc) is 2.97. The Kier molecular flexibility index (Phi) is 6.89. The molecule has 6 nitrogen and oxygen atoms in total. The van der Waals surface area contributed by atoms with Crippen molar-refractivity contribution in [3.63, 3.8) is 0 Å². The first-order chi connectivity index (χ1) is 15.1. The number of halogens is 6. The van der Waals surface area contributed by atoms with Crippen LogP contribution in [0.25, 0.3) is 0 Å². The fourth-order valence-electron chi connectivity index (χ4n) is 4.17.